The molecule has 0 spiro atoms. The molecule has 19 heavy (non-hydrogen) atoms. The molecule has 1 nitrogen and oxygen atoms in total. The Kier molecular flexibility index (Phi) is 3.72. The van der Waals surface area contributed by atoms with Crippen LogP contribution in [0.5, 0.6) is 0 Å². The van der Waals surface area contributed by atoms with Gasteiger partial charge in [0.2, 0.25) is 0 Å². The van der Waals surface area contributed by atoms with Gasteiger partial charge in [0.05, 0.1) is 16.3 Å². The fourth-order valence-electron chi connectivity index (χ4n) is 1.91. The summed E-state index contributed by atoms with van der Waals surface area (Å²) in [5.74, 6) is 0.442. The molecule has 1 aromatic rings. The molecule has 0 N–H and O–H groups in total. The summed E-state index contributed by atoms with van der Waals surface area (Å²) < 4.78 is 37.6. The zero-order valence-corrected chi connectivity index (χ0v) is 11.3. The van der Waals surface area contributed by atoms with Crippen LogP contribution in [0.4, 0.5) is 13.2 Å². The van der Waals surface area contributed by atoms with Crippen LogP contribution in [0.25, 0.3) is 5.57 Å². The van der Waals surface area contributed by atoms with Gasteiger partial charge in [-0.3, -0.25) is 4.98 Å². The smallest absolute Gasteiger partial charge is 0.254 e. The Balaban J connectivity index is 2.38. The Morgan fingerprint density at radius 2 is 2.05 bits per heavy atom. The van der Waals surface area contributed by atoms with Crippen LogP contribution < -0.4 is 0 Å². The van der Waals surface area contributed by atoms with Gasteiger partial charge in [-0.2, -0.15) is 13.2 Å². The molecule has 0 fully saturated rings. The highest BCUT2D eigenvalue weighted by atomic mass is 35.5. The molecule has 1 aliphatic carbocycles. The first-order valence-corrected chi connectivity index (χ1v) is 6.28. The average Bonchev–Trinajstić information content (AvgIpc) is 2.31. The predicted molar refractivity (Wildman–Crippen MR) is 69.8 cm³/mol. The van der Waals surface area contributed by atoms with Gasteiger partial charge in [-0.25, -0.2) is 0 Å². The van der Waals surface area contributed by atoms with Gasteiger partial charge in [0.1, 0.15) is 0 Å². The summed E-state index contributed by atoms with van der Waals surface area (Å²) in [6, 6.07) is 0.923. The van der Waals surface area contributed by atoms with Crippen molar-refractivity contribution < 1.29 is 13.2 Å². The van der Waals surface area contributed by atoms with Crippen LogP contribution in [0.3, 0.4) is 0 Å². The van der Waals surface area contributed by atoms with Crippen LogP contribution in [0, 0.1) is 5.92 Å². The van der Waals surface area contributed by atoms with Crippen molar-refractivity contribution in [2.45, 2.75) is 26.4 Å². The van der Waals surface area contributed by atoms with Crippen LogP contribution in [0.15, 0.2) is 30.0 Å². The quantitative estimate of drug-likeness (QED) is 0.698. The molecule has 5 heteroatoms. The average molecular weight is 288 g/mol. The number of nitrogens with zero attached hydrogens (tertiary/aromatic N) is 1. The van der Waals surface area contributed by atoms with Crippen molar-refractivity contribution >= 4 is 17.2 Å². The van der Waals surface area contributed by atoms with E-state index in [1.165, 1.54) is 5.57 Å². The molecule has 1 aromatic heterocycles. The van der Waals surface area contributed by atoms with Crippen molar-refractivity contribution in [1.29, 1.82) is 0 Å². The van der Waals surface area contributed by atoms with Crippen LogP contribution >= 0.6 is 11.6 Å². The second kappa shape index (κ2) is 5.00. The molecule has 1 aliphatic rings. The Morgan fingerprint density at radius 3 is 2.58 bits per heavy atom. The largest absolute Gasteiger partial charge is 0.417 e. The Bertz CT molecular complexity index is 558. The number of halogens is 4. The lowest BCUT2D eigenvalue weighted by Crippen LogP contribution is -2.07. The van der Waals surface area contributed by atoms with Gasteiger partial charge in [-0.1, -0.05) is 36.2 Å². The van der Waals surface area contributed by atoms with E-state index < -0.39 is 11.7 Å². The second-order valence-corrected chi connectivity index (χ2v) is 5.14. The first-order valence-electron chi connectivity index (χ1n) is 5.90. The molecular formula is C14H13ClF3N. The van der Waals surface area contributed by atoms with Gasteiger partial charge >= 0.3 is 6.18 Å². The summed E-state index contributed by atoms with van der Waals surface area (Å²) in [4.78, 5) is 3.86. The molecule has 1 atom stereocenters. The summed E-state index contributed by atoms with van der Waals surface area (Å²) in [5.41, 5.74) is 1.54. The lowest BCUT2D eigenvalue weighted by Gasteiger charge is -2.18. The van der Waals surface area contributed by atoms with E-state index in [0.717, 1.165) is 24.3 Å². The Labute approximate surface area is 114 Å². The highest BCUT2D eigenvalue weighted by Gasteiger charge is 2.31. The number of hydrogen-bond donors (Lipinski definition) is 0. The van der Waals surface area contributed by atoms with Crippen LogP contribution in [-0.4, -0.2) is 4.98 Å². The van der Waals surface area contributed by atoms with Gasteiger partial charge in [0.25, 0.3) is 0 Å². The third-order valence-electron chi connectivity index (χ3n) is 3.29. The van der Waals surface area contributed by atoms with Gasteiger partial charge in [-0.15, -0.1) is 0 Å². The van der Waals surface area contributed by atoms with Crippen molar-refractivity contribution in [3.63, 3.8) is 0 Å². The molecule has 0 saturated carbocycles. The molecule has 0 amide bonds. The minimum atomic E-state index is -4.42. The van der Waals surface area contributed by atoms with Gasteiger partial charge < -0.3 is 0 Å². The maximum Gasteiger partial charge on any atom is 0.417 e. The summed E-state index contributed by atoms with van der Waals surface area (Å²) in [7, 11) is 0. The van der Waals surface area contributed by atoms with Gasteiger partial charge in [-0.05, 0) is 30.9 Å². The van der Waals surface area contributed by atoms with Gasteiger partial charge in [0, 0.05) is 6.20 Å². The normalized spacial score (nSPS) is 20.0. The zero-order valence-electron chi connectivity index (χ0n) is 10.6. The Hall–Kier alpha value is -1.29. The Morgan fingerprint density at radius 1 is 1.37 bits per heavy atom. The highest BCUT2D eigenvalue weighted by Crippen LogP contribution is 2.35. The number of rotatable bonds is 1. The predicted octanol–water partition coefficient (Wildman–Crippen LogP) is 5.12. The summed E-state index contributed by atoms with van der Waals surface area (Å²) in [6.45, 7) is 4.09. The van der Waals surface area contributed by atoms with Crippen molar-refractivity contribution in [3.8, 4) is 0 Å². The number of pyridine rings is 1. The molecule has 0 aromatic carbocycles. The minimum Gasteiger partial charge on any atom is -0.254 e. The topological polar surface area (TPSA) is 12.9 Å². The van der Waals surface area contributed by atoms with E-state index in [4.69, 9.17) is 11.6 Å². The third kappa shape index (κ3) is 3.00. The number of hydrogen-bond acceptors (Lipinski definition) is 1. The maximum atomic E-state index is 12.5. The van der Waals surface area contributed by atoms with Crippen molar-refractivity contribution in [2.24, 2.45) is 5.92 Å². The fraction of sp³-hybridized carbons (Fsp3) is 0.357. The number of allylic oxidation sites excluding steroid dienone is 4. The van der Waals surface area contributed by atoms with Crippen molar-refractivity contribution in [2.75, 3.05) is 0 Å². The molecular weight excluding hydrogens is 275 g/mol. The monoisotopic (exact) mass is 287 g/mol. The first kappa shape index (κ1) is 14.1. The zero-order chi connectivity index (χ0) is 14.2. The van der Waals surface area contributed by atoms with Gasteiger partial charge in [0.15, 0.2) is 0 Å². The van der Waals surface area contributed by atoms with E-state index in [1.807, 2.05) is 19.1 Å². The van der Waals surface area contributed by atoms with E-state index in [9.17, 15) is 13.2 Å². The molecule has 0 bridgehead atoms. The molecule has 1 unspecified atom stereocenters. The van der Waals surface area contributed by atoms with Crippen LogP contribution in [0.1, 0.15) is 31.5 Å². The van der Waals surface area contributed by atoms with E-state index in [0.29, 0.717) is 11.6 Å². The highest BCUT2D eigenvalue weighted by molar-refractivity contribution is 6.32. The summed E-state index contributed by atoms with van der Waals surface area (Å²) >= 11 is 5.92. The standard InChI is InChI=1S/C14H13ClF3N/c1-8-3-4-10(5-9(8)2)13-12(15)6-11(7-19-13)14(16,17)18/h4-8H,3H2,1-2H3. The lowest BCUT2D eigenvalue weighted by molar-refractivity contribution is -0.137. The molecule has 0 radical (unpaired) electrons. The molecule has 0 aliphatic heterocycles. The van der Waals surface area contributed by atoms with E-state index in [-0.39, 0.29) is 5.02 Å². The number of aromatic nitrogens is 1. The van der Waals surface area contributed by atoms with Crippen molar-refractivity contribution in [3.05, 3.63) is 46.3 Å². The van der Waals surface area contributed by atoms with Crippen LogP contribution in [-0.2, 0) is 6.18 Å². The minimum absolute atomic E-state index is 0.0275. The maximum absolute atomic E-state index is 12.5. The molecule has 1 heterocycles. The van der Waals surface area contributed by atoms with E-state index in [2.05, 4.69) is 11.9 Å². The summed E-state index contributed by atoms with van der Waals surface area (Å²) in [5, 5.41) is 0.0275. The third-order valence-corrected chi connectivity index (χ3v) is 3.58. The lowest BCUT2D eigenvalue weighted by atomic mass is 9.90. The summed E-state index contributed by atoms with van der Waals surface area (Å²) in [6.07, 6.45) is 1.13. The molecule has 102 valence electrons. The van der Waals surface area contributed by atoms with Crippen LogP contribution in [0.2, 0.25) is 5.02 Å². The first-order chi connectivity index (χ1) is 8.79. The van der Waals surface area contributed by atoms with E-state index >= 15 is 0 Å². The number of alkyl halides is 3. The SMILES string of the molecule is CC1=CC(c2ncc(C(F)(F)F)cc2Cl)=CCC1C. The molecule has 0 saturated heterocycles. The van der Waals surface area contributed by atoms with E-state index in [1.54, 1.807) is 0 Å². The molecule has 2 rings (SSSR count). The second-order valence-electron chi connectivity index (χ2n) is 4.74. The fourth-order valence-corrected chi connectivity index (χ4v) is 2.18. The van der Waals surface area contributed by atoms with Crippen molar-refractivity contribution in [1.82, 2.24) is 4.98 Å².